The molecule has 0 saturated carbocycles. The third-order valence-corrected chi connectivity index (χ3v) is 12.0. The van der Waals surface area contributed by atoms with Crippen molar-refractivity contribution in [3.05, 3.63) is 107 Å². The molecule has 10 nitrogen and oxygen atoms in total. The van der Waals surface area contributed by atoms with Crippen LogP contribution in [0.15, 0.2) is 79.1 Å². The first-order valence-electron chi connectivity index (χ1n) is 18.3. The standard InChI is InChI=1S/C41H42FN5O5/c42-34-4-2-1-3-33(34)37-31(13-18-52-40(37)51)27-5-7-29(8-6-27)45-21-26(22-45)20-44-16-14-41(15-17-44)24-46(25-41)30-9-10-32-28(19-30)23-47(39(32)50)35-11-12-36(48)43-38(35)49/h1-10,13,18-19,26,35,40,51H,11-12,14-17,20-25H2,(H,43,48,49). The number of likely N-dealkylation sites (tertiary alicyclic amines) is 1. The first-order valence-corrected chi connectivity index (χ1v) is 18.3. The first kappa shape index (κ1) is 32.9. The molecule has 0 radical (unpaired) electrons. The lowest BCUT2D eigenvalue weighted by Crippen LogP contribution is -2.61. The maximum Gasteiger partial charge on any atom is 0.255 e. The molecule has 2 unspecified atom stereocenters. The van der Waals surface area contributed by atoms with Crippen molar-refractivity contribution in [3.8, 4) is 0 Å². The van der Waals surface area contributed by atoms with Crippen LogP contribution in [-0.4, -0.2) is 90.8 Å². The minimum absolute atomic E-state index is 0.130. The molecule has 3 aromatic rings. The van der Waals surface area contributed by atoms with E-state index in [0.29, 0.717) is 41.0 Å². The number of nitrogens with zero attached hydrogens (tertiary/aromatic N) is 4. The average Bonchev–Trinajstić information content (AvgIpc) is 3.44. The zero-order valence-corrected chi connectivity index (χ0v) is 29.0. The molecule has 0 bridgehead atoms. The topological polar surface area (TPSA) is 106 Å². The third kappa shape index (κ3) is 5.85. The normalized spacial score (nSPS) is 24.5. The number of amides is 3. The molecular weight excluding hydrogens is 661 g/mol. The van der Waals surface area contributed by atoms with Crippen LogP contribution in [-0.2, 0) is 20.9 Å². The highest BCUT2D eigenvalue weighted by atomic mass is 19.1. The number of hydrogen-bond donors (Lipinski definition) is 2. The number of hydrogen-bond acceptors (Lipinski definition) is 8. The summed E-state index contributed by atoms with van der Waals surface area (Å²) >= 11 is 0. The van der Waals surface area contributed by atoms with Crippen molar-refractivity contribution >= 4 is 40.2 Å². The van der Waals surface area contributed by atoms with Gasteiger partial charge in [0, 0.05) is 85.1 Å². The molecule has 52 heavy (non-hydrogen) atoms. The highest BCUT2D eigenvalue weighted by molar-refractivity contribution is 6.05. The number of rotatable bonds is 7. The van der Waals surface area contributed by atoms with Crippen molar-refractivity contribution in [2.75, 3.05) is 55.6 Å². The van der Waals surface area contributed by atoms with Gasteiger partial charge in [-0.2, -0.15) is 0 Å². The van der Waals surface area contributed by atoms with Crippen LogP contribution in [0.5, 0.6) is 0 Å². The number of benzene rings is 3. The van der Waals surface area contributed by atoms with Gasteiger partial charge in [-0.3, -0.25) is 19.7 Å². The van der Waals surface area contributed by atoms with Crippen LogP contribution >= 0.6 is 0 Å². The van der Waals surface area contributed by atoms with Crippen LogP contribution in [0.1, 0.15) is 52.7 Å². The van der Waals surface area contributed by atoms with Crippen molar-refractivity contribution in [2.45, 2.75) is 44.6 Å². The van der Waals surface area contributed by atoms with E-state index in [4.69, 9.17) is 4.74 Å². The molecule has 2 N–H and O–H groups in total. The van der Waals surface area contributed by atoms with E-state index in [2.05, 4.69) is 38.2 Å². The Hall–Kier alpha value is -5.00. The highest BCUT2D eigenvalue weighted by Gasteiger charge is 2.46. The SMILES string of the molecule is O=C1CCC(N2Cc3cc(N4CC5(CCN(CC6CN(c7ccc(C8=C(c9ccccc9F)C(O)OC=C8)cc7)C6)CC5)C4)ccc3C2=O)C(=O)N1. The van der Waals surface area contributed by atoms with Gasteiger partial charge in [-0.15, -0.1) is 0 Å². The lowest BCUT2D eigenvalue weighted by Gasteiger charge is -2.55. The van der Waals surface area contributed by atoms with Gasteiger partial charge in [0.2, 0.25) is 18.1 Å². The quantitative estimate of drug-likeness (QED) is 0.350. The van der Waals surface area contributed by atoms with E-state index >= 15 is 0 Å². The van der Waals surface area contributed by atoms with Gasteiger partial charge in [-0.05, 0) is 91.5 Å². The molecule has 0 aromatic heterocycles. The predicted octanol–water partition coefficient (Wildman–Crippen LogP) is 4.40. The summed E-state index contributed by atoms with van der Waals surface area (Å²) in [5, 5.41) is 13.0. The molecule has 6 aliphatic rings. The number of aliphatic hydroxyl groups excluding tert-OH is 1. The Bertz CT molecular complexity index is 1990. The van der Waals surface area contributed by atoms with Crippen LogP contribution < -0.4 is 15.1 Å². The van der Waals surface area contributed by atoms with Crippen molar-refractivity contribution in [1.29, 1.82) is 0 Å². The maximum atomic E-state index is 14.7. The average molecular weight is 704 g/mol. The Kier molecular flexibility index (Phi) is 8.15. The van der Waals surface area contributed by atoms with Gasteiger partial charge in [-0.25, -0.2) is 4.39 Å². The zero-order chi connectivity index (χ0) is 35.6. The number of aliphatic hydroxyl groups is 1. The molecule has 6 aliphatic heterocycles. The molecule has 3 amide bonds. The summed E-state index contributed by atoms with van der Waals surface area (Å²) in [6.07, 6.45) is 5.01. The van der Waals surface area contributed by atoms with Crippen LogP contribution in [0.25, 0.3) is 11.1 Å². The fourth-order valence-electron chi connectivity index (χ4n) is 9.02. The summed E-state index contributed by atoms with van der Waals surface area (Å²) in [5.74, 6) is -0.549. The summed E-state index contributed by atoms with van der Waals surface area (Å²) in [4.78, 5) is 46.2. The smallest absolute Gasteiger partial charge is 0.255 e. The van der Waals surface area contributed by atoms with E-state index in [1.165, 1.54) is 25.2 Å². The number of carbonyl (C=O) groups is 3. The van der Waals surface area contributed by atoms with Gasteiger partial charge < -0.3 is 29.4 Å². The Labute approximate surface area is 302 Å². The van der Waals surface area contributed by atoms with E-state index in [0.717, 1.165) is 73.9 Å². The van der Waals surface area contributed by atoms with E-state index in [-0.39, 0.29) is 24.1 Å². The number of fused-ring (bicyclic) bond motifs is 1. The Morgan fingerprint density at radius 2 is 1.65 bits per heavy atom. The van der Waals surface area contributed by atoms with Gasteiger partial charge in [0.25, 0.3) is 5.91 Å². The second-order valence-electron chi connectivity index (χ2n) is 15.3. The number of piperidine rings is 2. The number of ether oxygens (including phenoxy) is 1. The van der Waals surface area contributed by atoms with Gasteiger partial charge in [0.1, 0.15) is 11.9 Å². The third-order valence-electron chi connectivity index (χ3n) is 12.0. The molecule has 3 aromatic carbocycles. The van der Waals surface area contributed by atoms with Gasteiger partial charge >= 0.3 is 0 Å². The van der Waals surface area contributed by atoms with Crippen LogP contribution in [0.4, 0.5) is 15.8 Å². The number of imide groups is 1. The van der Waals surface area contributed by atoms with E-state index in [9.17, 15) is 23.9 Å². The van der Waals surface area contributed by atoms with Crippen LogP contribution in [0.3, 0.4) is 0 Å². The molecule has 4 saturated heterocycles. The van der Waals surface area contributed by atoms with Crippen molar-refractivity contribution < 1.29 is 28.6 Å². The monoisotopic (exact) mass is 703 g/mol. The first-order chi connectivity index (χ1) is 25.2. The minimum atomic E-state index is -1.24. The Morgan fingerprint density at radius 1 is 0.904 bits per heavy atom. The van der Waals surface area contributed by atoms with Crippen molar-refractivity contribution in [3.63, 3.8) is 0 Å². The second kappa shape index (κ2) is 12.9. The number of halogens is 1. The van der Waals surface area contributed by atoms with Crippen LogP contribution in [0, 0.1) is 17.2 Å². The summed E-state index contributed by atoms with van der Waals surface area (Å²) in [5.41, 5.74) is 6.66. The molecule has 0 aliphatic carbocycles. The van der Waals surface area contributed by atoms with Crippen molar-refractivity contribution in [1.82, 2.24) is 15.1 Å². The summed E-state index contributed by atoms with van der Waals surface area (Å²) in [6.45, 7) is 7.83. The number of allylic oxidation sites excluding steroid dienone is 2. The fourth-order valence-corrected chi connectivity index (χ4v) is 9.02. The minimum Gasteiger partial charge on any atom is -0.468 e. The van der Waals surface area contributed by atoms with E-state index < -0.39 is 18.1 Å². The predicted molar refractivity (Wildman–Crippen MR) is 194 cm³/mol. The summed E-state index contributed by atoms with van der Waals surface area (Å²) in [6, 6.07) is 20.2. The molecule has 1 spiro atoms. The number of carbonyl (C=O) groups excluding carboxylic acids is 3. The molecule has 6 heterocycles. The molecule has 268 valence electrons. The molecule has 2 atom stereocenters. The van der Waals surface area contributed by atoms with Gasteiger partial charge in [-0.1, -0.05) is 30.3 Å². The molecule has 4 fully saturated rings. The highest BCUT2D eigenvalue weighted by Crippen LogP contribution is 2.44. The van der Waals surface area contributed by atoms with E-state index in [1.807, 2.05) is 24.3 Å². The molecule has 9 rings (SSSR count). The lowest BCUT2D eigenvalue weighted by atomic mass is 9.71. The van der Waals surface area contributed by atoms with Crippen LogP contribution in [0.2, 0.25) is 0 Å². The Balaban J connectivity index is 0.752. The van der Waals surface area contributed by atoms with Gasteiger partial charge in [0.15, 0.2) is 0 Å². The largest absolute Gasteiger partial charge is 0.468 e. The zero-order valence-electron chi connectivity index (χ0n) is 29.0. The summed E-state index contributed by atoms with van der Waals surface area (Å²) in [7, 11) is 0. The molecular formula is C41H42FN5O5. The Morgan fingerprint density at radius 3 is 2.40 bits per heavy atom. The summed E-state index contributed by atoms with van der Waals surface area (Å²) < 4.78 is 20.0. The second-order valence-corrected chi connectivity index (χ2v) is 15.3. The maximum absolute atomic E-state index is 14.7. The lowest BCUT2D eigenvalue weighted by molar-refractivity contribution is -0.136. The van der Waals surface area contributed by atoms with Crippen molar-refractivity contribution in [2.24, 2.45) is 11.3 Å². The fraction of sp³-hybridized carbons (Fsp3) is 0.390. The van der Waals surface area contributed by atoms with Gasteiger partial charge in [0.05, 0.1) is 6.26 Å². The molecule has 11 heteroatoms. The number of nitrogens with one attached hydrogen (secondary N) is 1. The number of anilines is 2. The van der Waals surface area contributed by atoms with E-state index in [1.54, 1.807) is 29.2 Å².